The molecule has 1 aliphatic heterocycles. The molecule has 0 amide bonds. The summed E-state index contributed by atoms with van der Waals surface area (Å²) in [6.07, 6.45) is 4.08. The van der Waals surface area contributed by atoms with E-state index in [1.807, 2.05) is 18.2 Å². The topological polar surface area (TPSA) is 74.7 Å². The van der Waals surface area contributed by atoms with Gasteiger partial charge in [-0.05, 0) is 60.6 Å². The first-order valence-corrected chi connectivity index (χ1v) is 10.4. The fraction of sp³-hybridized carbons (Fsp3) is 0.350. The molecule has 0 saturated carbocycles. The van der Waals surface area contributed by atoms with Crippen molar-refractivity contribution in [3.63, 3.8) is 0 Å². The van der Waals surface area contributed by atoms with Crippen molar-refractivity contribution in [3.05, 3.63) is 59.2 Å². The number of nitrogens with zero attached hydrogens (tertiary/aromatic N) is 1. The standard InChI is InChI=1S/C20H21NO4S/c22-20(23)12-16-13-21(19-8-4-3-7-18(16)19)26(24,25)17-10-9-14-5-1-2-6-15(14)11-17/h3-4,7-11,16H,1-2,5-6,12-13H2,(H,22,23). The fourth-order valence-electron chi connectivity index (χ4n) is 4.07. The second-order valence-corrected chi connectivity index (χ2v) is 8.89. The van der Waals surface area contributed by atoms with E-state index >= 15 is 0 Å². The third kappa shape index (κ3) is 2.88. The highest BCUT2D eigenvalue weighted by Crippen LogP contribution is 2.41. The lowest BCUT2D eigenvalue weighted by Gasteiger charge is -2.22. The normalized spacial score (nSPS) is 19.1. The zero-order valence-electron chi connectivity index (χ0n) is 14.4. The van der Waals surface area contributed by atoms with Crippen molar-refractivity contribution in [3.8, 4) is 0 Å². The van der Waals surface area contributed by atoms with Crippen molar-refractivity contribution in [1.29, 1.82) is 0 Å². The molecule has 5 nitrogen and oxygen atoms in total. The van der Waals surface area contributed by atoms with Crippen LogP contribution in [0.3, 0.4) is 0 Å². The van der Waals surface area contributed by atoms with Crippen molar-refractivity contribution in [2.45, 2.75) is 42.9 Å². The fourth-order valence-corrected chi connectivity index (χ4v) is 5.65. The van der Waals surface area contributed by atoms with E-state index in [1.54, 1.807) is 24.3 Å². The van der Waals surface area contributed by atoms with Crippen LogP contribution in [0.25, 0.3) is 0 Å². The van der Waals surface area contributed by atoms with Crippen molar-refractivity contribution < 1.29 is 18.3 Å². The van der Waals surface area contributed by atoms with Crippen molar-refractivity contribution in [2.75, 3.05) is 10.8 Å². The average Bonchev–Trinajstić information content (AvgIpc) is 3.00. The minimum atomic E-state index is -3.71. The maximum absolute atomic E-state index is 13.3. The molecule has 6 heteroatoms. The number of sulfonamides is 1. The number of fused-ring (bicyclic) bond motifs is 2. The summed E-state index contributed by atoms with van der Waals surface area (Å²) in [5.41, 5.74) is 3.74. The number of carbonyl (C=O) groups is 1. The minimum Gasteiger partial charge on any atom is -0.481 e. The van der Waals surface area contributed by atoms with Gasteiger partial charge in [0.2, 0.25) is 0 Å². The van der Waals surface area contributed by atoms with Gasteiger partial charge in [0, 0.05) is 12.5 Å². The van der Waals surface area contributed by atoms with Gasteiger partial charge in [0.1, 0.15) is 0 Å². The number of hydrogen-bond acceptors (Lipinski definition) is 3. The molecule has 0 saturated heterocycles. The minimum absolute atomic E-state index is 0.0762. The Bertz CT molecular complexity index is 968. The molecular formula is C20H21NO4S. The molecule has 26 heavy (non-hydrogen) atoms. The molecule has 1 aliphatic carbocycles. The first-order chi connectivity index (χ1) is 12.5. The van der Waals surface area contributed by atoms with Gasteiger partial charge in [0.15, 0.2) is 0 Å². The van der Waals surface area contributed by atoms with Gasteiger partial charge in [0.05, 0.1) is 17.0 Å². The van der Waals surface area contributed by atoms with Gasteiger partial charge in [-0.2, -0.15) is 0 Å². The smallest absolute Gasteiger partial charge is 0.304 e. The zero-order chi connectivity index (χ0) is 18.3. The molecule has 1 unspecified atom stereocenters. The number of aryl methyl sites for hydroxylation is 2. The molecule has 4 rings (SSSR count). The predicted octanol–water partition coefficient (Wildman–Crippen LogP) is 3.33. The van der Waals surface area contributed by atoms with Crippen LogP contribution in [0, 0.1) is 0 Å². The first-order valence-electron chi connectivity index (χ1n) is 8.92. The van der Waals surface area contributed by atoms with Crippen LogP contribution in [0.5, 0.6) is 0 Å². The monoisotopic (exact) mass is 371 g/mol. The molecule has 0 bridgehead atoms. The van der Waals surface area contributed by atoms with E-state index in [-0.39, 0.29) is 18.9 Å². The van der Waals surface area contributed by atoms with Crippen LogP contribution in [-0.4, -0.2) is 26.0 Å². The molecule has 0 aromatic heterocycles. The Morgan fingerprint density at radius 1 is 1.08 bits per heavy atom. The van der Waals surface area contributed by atoms with Crippen LogP contribution < -0.4 is 4.31 Å². The van der Waals surface area contributed by atoms with Gasteiger partial charge in [-0.25, -0.2) is 8.42 Å². The van der Waals surface area contributed by atoms with E-state index in [0.29, 0.717) is 10.6 Å². The molecule has 1 N–H and O–H groups in total. The number of aliphatic carboxylic acids is 1. The number of carboxylic acid groups (broad SMARTS) is 1. The van der Waals surface area contributed by atoms with Crippen LogP contribution in [0.4, 0.5) is 5.69 Å². The highest BCUT2D eigenvalue weighted by Gasteiger charge is 2.37. The Morgan fingerprint density at radius 3 is 2.58 bits per heavy atom. The summed E-state index contributed by atoms with van der Waals surface area (Å²) < 4.78 is 28.0. The van der Waals surface area contributed by atoms with E-state index in [2.05, 4.69) is 0 Å². The lowest BCUT2D eigenvalue weighted by Crippen LogP contribution is -2.30. The van der Waals surface area contributed by atoms with Gasteiger partial charge in [-0.3, -0.25) is 9.10 Å². The zero-order valence-corrected chi connectivity index (χ0v) is 15.2. The Hall–Kier alpha value is -2.34. The van der Waals surface area contributed by atoms with Gasteiger partial charge < -0.3 is 5.11 Å². The van der Waals surface area contributed by atoms with Crippen LogP contribution in [0.2, 0.25) is 0 Å². The van der Waals surface area contributed by atoms with Crippen molar-refractivity contribution in [2.24, 2.45) is 0 Å². The number of hydrogen-bond donors (Lipinski definition) is 1. The molecule has 2 aliphatic rings. The number of para-hydroxylation sites is 1. The van der Waals surface area contributed by atoms with E-state index in [0.717, 1.165) is 36.8 Å². The largest absolute Gasteiger partial charge is 0.481 e. The van der Waals surface area contributed by atoms with E-state index in [1.165, 1.54) is 9.87 Å². The van der Waals surface area contributed by atoms with Crippen LogP contribution in [0.15, 0.2) is 47.4 Å². The molecule has 0 radical (unpaired) electrons. The average molecular weight is 371 g/mol. The summed E-state index contributed by atoms with van der Waals surface area (Å²) in [5, 5.41) is 9.17. The van der Waals surface area contributed by atoms with Crippen LogP contribution in [0.1, 0.15) is 41.9 Å². The number of carboxylic acids is 1. The molecule has 136 valence electrons. The van der Waals surface area contributed by atoms with E-state index < -0.39 is 16.0 Å². The van der Waals surface area contributed by atoms with Gasteiger partial charge in [-0.1, -0.05) is 24.3 Å². The Morgan fingerprint density at radius 2 is 1.81 bits per heavy atom. The summed E-state index contributed by atoms with van der Waals surface area (Å²) in [5.74, 6) is -1.24. The Labute approximate surface area is 153 Å². The lowest BCUT2D eigenvalue weighted by atomic mass is 9.92. The first kappa shape index (κ1) is 17.1. The molecule has 1 atom stereocenters. The van der Waals surface area contributed by atoms with Gasteiger partial charge in [-0.15, -0.1) is 0 Å². The quantitative estimate of drug-likeness (QED) is 0.894. The molecule has 2 aromatic rings. The van der Waals surface area contributed by atoms with Crippen molar-refractivity contribution in [1.82, 2.24) is 0 Å². The summed E-state index contributed by atoms with van der Waals surface area (Å²) in [6.45, 7) is 0.172. The second kappa shape index (κ2) is 6.43. The van der Waals surface area contributed by atoms with E-state index in [4.69, 9.17) is 0 Å². The third-order valence-electron chi connectivity index (χ3n) is 5.36. The molecular weight excluding hydrogens is 350 g/mol. The summed E-state index contributed by atoms with van der Waals surface area (Å²) in [6, 6.07) is 12.6. The number of rotatable bonds is 4. The lowest BCUT2D eigenvalue weighted by molar-refractivity contribution is -0.137. The molecule has 1 heterocycles. The third-order valence-corrected chi connectivity index (χ3v) is 7.14. The van der Waals surface area contributed by atoms with E-state index in [9.17, 15) is 18.3 Å². The van der Waals surface area contributed by atoms with Gasteiger partial charge >= 0.3 is 5.97 Å². The van der Waals surface area contributed by atoms with Crippen LogP contribution >= 0.6 is 0 Å². The number of anilines is 1. The Balaban J connectivity index is 1.73. The summed E-state index contributed by atoms with van der Waals surface area (Å²) in [4.78, 5) is 11.5. The summed E-state index contributed by atoms with van der Waals surface area (Å²) in [7, 11) is -3.71. The highest BCUT2D eigenvalue weighted by molar-refractivity contribution is 7.92. The maximum atomic E-state index is 13.3. The van der Waals surface area contributed by atoms with Crippen molar-refractivity contribution >= 4 is 21.7 Å². The Kier molecular flexibility index (Phi) is 4.23. The van der Waals surface area contributed by atoms with Crippen LogP contribution in [-0.2, 0) is 27.7 Å². The summed E-state index contributed by atoms with van der Waals surface area (Å²) >= 11 is 0. The maximum Gasteiger partial charge on any atom is 0.304 e. The second-order valence-electron chi connectivity index (χ2n) is 7.03. The molecule has 2 aromatic carbocycles. The SMILES string of the molecule is O=C(O)CC1CN(S(=O)(=O)c2ccc3c(c2)CCCC3)c2ccccc21. The van der Waals surface area contributed by atoms with Gasteiger partial charge in [0.25, 0.3) is 10.0 Å². The molecule has 0 fully saturated rings. The highest BCUT2D eigenvalue weighted by atomic mass is 32.2. The predicted molar refractivity (Wildman–Crippen MR) is 99.1 cm³/mol. The molecule has 0 spiro atoms. The number of benzene rings is 2.